The van der Waals surface area contributed by atoms with Crippen LogP contribution in [0.4, 0.5) is 4.79 Å². The summed E-state index contributed by atoms with van der Waals surface area (Å²) in [5, 5.41) is 0. The van der Waals surface area contributed by atoms with Crippen LogP contribution in [0.3, 0.4) is 0 Å². The molecule has 3 aliphatic rings. The summed E-state index contributed by atoms with van der Waals surface area (Å²) in [6.45, 7) is 3.53. The van der Waals surface area contributed by atoms with Crippen molar-refractivity contribution in [2.75, 3.05) is 19.8 Å². The Morgan fingerprint density at radius 3 is 2.47 bits per heavy atom. The van der Waals surface area contributed by atoms with Crippen LogP contribution >= 0.6 is 0 Å². The Morgan fingerprint density at radius 1 is 1.35 bits per heavy atom. The summed E-state index contributed by atoms with van der Waals surface area (Å²) in [7, 11) is 0. The minimum absolute atomic E-state index is 0.0471. The first-order valence-corrected chi connectivity index (χ1v) is 6.15. The van der Waals surface area contributed by atoms with Gasteiger partial charge in [0.2, 0.25) is 0 Å². The largest absolute Gasteiger partial charge is 0.450 e. The average Bonchev–Trinajstić information content (AvgIpc) is 2.84. The molecule has 17 heavy (non-hydrogen) atoms. The molecule has 5 heteroatoms. The van der Waals surface area contributed by atoms with E-state index in [1.807, 2.05) is 6.92 Å². The molecular weight excluding hydrogens is 222 g/mol. The van der Waals surface area contributed by atoms with Crippen molar-refractivity contribution in [3.05, 3.63) is 12.2 Å². The zero-order valence-electron chi connectivity index (χ0n) is 9.93. The average molecular weight is 239 g/mol. The van der Waals surface area contributed by atoms with Gasteiger partial charge in [-0.3, -0.25) is 4.90 Å². The molecule has 2 bridgehead atoms. The maximum Gasteiger partial charge on any atom is 0.410 e. The van der Waals surface area contributed by atoms with Crippen LogP contribution in [0.2, 0.25) is 0 Å². The van der Waals surface area contributed by atoms with E-state index in [9.17, 15) is 4.79 Å². The smallest absolute Gasteiger partial charge is 0.410 e. The number of carbonyl (C=O) groups excluding carboxylic acids is 1. The number of hydrogen-bond acceptors (Lipinski definition) is 4. The number of hydrogen-bond donors (Lipinski definition) is 0. The summed E-state index contributed by atoms with van der Waals surface area (Å²) >= 11 is 0. The Morgan fingerprint density at radius 2 is 1.94 bits per heavy atom. The molecule has 2 fully saturated rings. The molecule has 1 amide bonds. The van der Waals surface area contributed by atoms with Crippen molar-refractivity contribution >= 4 is 6.09 Å². The fraction of sp³-hybridized carbons (Fsp3) is 0.750. The van der Waals surface area contributed by atoms with Crippen molar-refractivity contribution in [3.63, 3.8) is 0 Å². The van der Waals surface area contributed by atoms with Gasteiger partial charge in [0.25, 0.3) is 0 Å². The molecule has 0 aromatic heterocycles. The SMILES string of the molecule is CCOC(=O)N1[C@@H]2C=C[C@H]1CC1(C2)OCCO1. The predicted molar refractivity (Wildman–Crippen MR) is 59.4 cm³/mol. The molecule has 3 aliphatic heterocycles. The highest BCUT2D eigenvalue weighted by Gasteiger charge is 2.51. The van der Waals surface area contributed by atoms with Crippen LogP contribution in [-0.4, -0.2) is 48.7 Å². The Labute approximate surface area is 100 Å². The van der Waals surface area contributed by atoms with Gasteiger partial charge in [-0.2, -0.15) is 0 Å². The third kappa shape index (κ3) is 1.73. The molecule has 2 atom stereocenters. The van der Waals surface area contributed by atoms with Crippen LogP contribution in [0.25, 0.3) is 0 Å². The molecule has 1 spiro atoms. The Balaban J connectivity index is 1.74. The lowest BCUT2D eigenvalue weighted by Crippen LogP contribution is -2.54. The number of piperidine rings is 1. The van der Waals surface area contributed by atoms with E-state index in [-0.39, 0.29) is 18.2 Å². The van der Waals surface area contributed by atoms with E-state index in [4.69, 9.17) is 14.2 Å². The number of carbonyl (C=O) groups is 1. The first kappa shape index (κ1) is 11.0. The van der Waals surface area contributed by atoms with E-state index >= 15 is 0 Å². The van der Waals surface area contributed by atoms with Gasteiger partial charge in [-0.15, -0.1) is 0 Å². The molecule has 94 valence electrons. The van der Waals surface area contributed by atoms with Gasteiger partial charge < -0.3 is 14.2 Å². The highest BCUT2D eigenvalue weighted by molar-refractivity contribution is 5.70. The van der Waals surface area contributed by atoms with Crippen LogP contribution in [0.15, 0.2) is 12.2 Å². The summed E-state index contributed by atoms with van der Waals surface area (Å²) in [6, 6.07) is 0.0943. The molecule has 0 N–H and O–H groups in total. The van der Waals surface area contributed by atoms with Gasteiger partial charge in [0.15, 0.2) is 5.79 Å². The van der Waals surface area contributed by atoms with Gasteiger partial charge in [0.1, 0.15) is 0 Å². The van der Waals surface area contributed by atoms with Crippen LogP contribution in [0.5, 0.6) is 0 Å². The van der Waals surface area contributed by atoms with Crippen molar-refractivity contribution in [2.24, 2.45) is 0 Å². The second-order valence-electron chi connectivity index (χ2n) is 4.64. The topological polar surface area (TPSA) is 48.0 Å². The molecule has 3 heterocycles. The maximum absolute atomic E-state index is 11.8. The second-order valence-corrected chi connectivity index (χ2v) is 4.64. The number of ether oxygens (including phenoxy) is 3. The number of fused-ring (bicyclic) bond motifs is 2. The standard InChI is InChI=1S/C12H17NO4/c1-2-15-11(14)13-9-3-4-10(13)8-12(7-9)16-5-6-17-12/h3-4,9-10H,2,5-8H2,1H3/t9-,10+. The maximum atomic E-state index is 11.8. The van der Waals surface area contributed by atoms with E-state index in [0.717, 1.165) is 0 Å². The van der Waals surface area contributed by atoms with Gasteiger partial charge >= 0.3 is 6.09 Å². The van der Waals surface area contributed by atoms with Crippen molar-refractivity contribution in [3.8, 4) is 0 Å². The van der Waals surface area contributed by atoms with E-state index < -0.39 is 5.79 Å². The van der Waals surface area contributed by atoms with Crippen molar-refractivity contribution in [1.82, 2.24) is 4.90 Å². The summed E-state index contributed by atoms with van der Waals surface area (Å²) < 4.78 is 16.5. The van der Waals surface area contributed by atoms with Gasteiger partial charge in [0, 0.05) is 12.8 Å². The lowest BCUT2D eigenvalue weighted by molar-refractivity contribution is -0.193. The van der Waals surface area contributed by atoms with Crippen molar-refractivity contribution < 1.29 is 19.0 Å². The third-order valence-electron chi connectivity index (χ3n) is 3.60. The highest BCUT2D eigenvalue weighted by atomic mass is 16.7. The van der Waals surface area contributed by atoms with Crippen LogP contribution in [0, 0.1) is 0 Å². The lowest BCUT2D eigenvalue weighted by Gasteiger charge is -2.42. The summed E-state index contributed by atoms with van der Waals surface area (Å²) in [5.41, 5.74) is 0. The third-order valence-corrected chi connectivity index (χ3v) is 3.60. The zero-order chi connectivity index (χ0) is 11.9. The molecule has 0 aliphatic carbocycles. The molecule has 0 aromatic rings. The number of rotatable bonds is 1. The van der Waals surface area contributed by atoms with Gasteiger partial charge in [-0.05, 0) is 6.92 Å². The number of amides is 1. The molecule has 5 nitrogen and oxygen atoms in total. The Kier molecular flexibility index (Phi) is 2.60. The number of nitrogens with zero attached hydrogens (tertiary/aromatic N) is 1. The minimum atomic E-state index is -0.470. The first-order valence-electron chi connectivity index (χ1n) is 6.15. The fourth-order valence-corrected chi connectivity index (χ4v) is 2.94. The van der Waals surface area contributed by atoms with Crippen LogP contribution in [-0.2, 0) is 14.2 Å². The minimum Gasteiger partial charge on any atom is -0.450 e. The Hall–Kier alpha value is -1.07. The molecule has 2 saturated heterocycles. The van der Waals surface area contributed by atoms with Crippen LogP contribution in [0.1, 0.15) is 19.8 Å². The van der Waals surface area contributed by atoms with E-state index in [1.54, 1.807) is 4.90 Å². The molecule has 0 saturated carbocycles. The molecule has 0 aromatic carbocycles. The fourth-order valence-electron chi connectivity index (χ4n) is 2.94. The normalized spacial score (nSPS) is 33.4. The summed E-state index contributed by atoms with van der Waals surface area (Å²) in [5.74, 6) is -0.470. The van der Waals surface area contributed by atoms with Crippen LogP contribution < -0.4 is 0 Å². The van der Waals surface area contributed by atoms with E-state index in [1.165, 1.54) is 0 Å². The lowest BCUT2D eigenvalue weighted by atomic mass is 9.95. The first-order chi connectivity index (χ1) is 8.24. The quantitative estimate of drug-likeness (QED) is 0.647. The highest BCUT2D eigenvalue weighted by Crippen LogP contribution is 2.41. The molecule has 0 radical (unpaired) electrons. The zero-order valence-corrected chi connectivity index (χ0v) is 9.93. The van der Waals surface area contributed by atoms with Crippen molar-refractivity contribution in [2.45, 2.75) is 37.6 Å². The van der Waals surface area contributed by atoms with E-state index in [0.29, 0.717) is 32.7 Å². The second kappa shape index (κ2) is 3.99. The van der Waals surface area contributed by atoms with Gasteiger partial charge in [0.05, 0.1) is 31.9 Å². The van der Waals surface area contributed by atoms with Gasteiger partial charge in [-0.25, -0.2) is 4.79 Å². The summed E-state index contributed by atoms with van der Waals surface area (Å²) in [4.78, 5) is 13.6. The van der Waals surface area contributed by atoms with E-state index in [2.05, 4.69) is 12.2 Å². The monoisotopic (exact) mass is 239 g/mol. The van der Waals surface area contributed by atoms with Crippen molar-refractivity contribution in [1.29, 1.82) is 0 Å². The molecular formula is C12H17NO4. The molecule has 3 rings (SSSR count). The molecule has 0 unspecified atom stereocenters. The Bertz CT molecular complexity index is 330. The predicted octanol–water partition coefficient (Wildman–Crippen LogP) is 1.29. The summed E-state index contributed by atoms with van der Waals surface area (Å²) in [6.07, 6.45) is 5.29. The van der Waals surface area contributed by atoms with Gasteiger partial charge in [-0.1, -0.05) is 12.2 Å².